The molecule has 0 aliphatic heterocycles. The second-order valence-electron chi connectivity index (χ2n) is 7.61. The maximum absolute atomic E-state index is 10.1. The van der Waals surface area contributed by atoms with Crippen LogP contribution in [-0.4, -0.2) is 47.3 Å². The Morgan fingerprint density at radius 3 is 2.21 bits per heavy atom. The monoisotopic (exact) mass is 264 g/mol. The van der Waals surface area contributed by atoms with Crippen LogP contribution in [0, 0.1) is 11.8 Å². The molecule has 2 N–H and O–H groups in total. The molecule has 1 unspecified atom stereocenters. The van der Waals surface area contributed by atoms with E-state index in [0.29, 0.717) is 12.6 Å². The molecule has 0 aromatic rings. The number of nitrogens with one attached hydrogen (secondary N) is 1. The van der Waals surface area contributed by atoms with Crippen LogP contribution < -0.4 is 5.32 Å². The van der Waals surface area contributed by atoms with Crippen LogP contribution >= 0.6 is 0 Å². The molecule has 4 aliphatic carbocycles. The van der Waals surface area contributed by atoms with Gasteiger partial charge in [0.05, 0.1) is 12.1 Å². The van der Waals surface area contributed by atoms with Crippen LogP contribution in [0.4, 0.5) is 0 Å². The summed E-state index contributed by atoms with van der Waals surface area (Å²) in [6, 6.07) is 1.54. The quantitative estimate of drug-likeness (QED) is 0.666. The highest BCUT2D eigenvalue weighted by atomic mass is 16.3. The summed E-state index contributed by atoms with van der Waals surface area (Å²) in [6.07, 6.45) is 10.9. The van der Waals surface area contributed by atoms with Crippen LogP contribution in [0.2, 0.25) is 0 Å². The first-order valence-corrected chi connectivity index (χ1v) is 8.42. The van der Waals surface area contributed by atoms with E-state index in [-0.39, 0.29) is 5.54 Å². The van der Waals surface area contributed by atoms with Gasteiger partial charge in [-0.3, -0.25) is 4.90 Å². The van der Waals surface area contributed by atoms with E-state index >= 15 is 0 Å². The molecule has 0 spiro atoms. The fourth-order valence-electron chi connectivity index (χ4n) is 3.56. The van der Waals surface area contributed by atoms with Gasteiger partial charge >= 0.3 is 0 Å². The van der Waals surface area contributed by atoms with Gasteiger partial charge in [0.1, 0.15) is 0 Å². The number of nitrogens with zero attached hydrogens (tertiary/aromatic N) is 1. The molecule has 0 amide bonds. The molecule has 4 fully saturated rings. The molecule has 4 rings (SSSR count). The van der Waals surface area contributed by atoms with Gasteiger partial charge in [-0.25, -0.2) is 0 Å². The van der Waals surface area contributed by atoms with Gasteiger partial charge in [0, 0.05) is 25.2 Å². The highest BCUT2D eigenvalue weighted by molar-refractivity contribution is 5.07. The normalized spacial score (nSPS) is 30.6. The lowest BCUT2D eigenvalue weighted by atomic mass is 9.92. The van der Waals surface area contributed by atoms with Crippen molar-refractivity contribution in [3.63, 3.8) is 0 Å². The lowest BCUT2D eigenvalue weighted by molar-refractivity contribution is 0.0829. The van der Waals surface area contributed by atoms with Crippen molar-refractivity contribution in [2.24, 2.45) is 11.8 Å². The molecule has 0 bridgehead atoms. The van der Waals surface area contributed by atoms with Crippen LogP contribution in [0.25, 0.3) is 0 Å². The topological polar surface area (TPSA) is 35.5 Å². The lowest BCUT2D eigenvalue weighted by Gasteiger charge is -2.39. The minimum atomic E-state index is 0.0264. The van der Waals surface area contributed by atoms with Gasteiger partial charge < -0.3 is 10.4 Å². The molecule has 3 heteroatoms. The molecule has 19 heavy (non-hydrogen) atoms. The number of aliphatic hydroxyl groups is 1. The van der Waals surface area contributed by atoms with Crippen LogP contribution in [0.3, 0.4) is 0 Å². The third-order valence-electron chi connectivity index (χ3n) is 5.45. The lowest BCUT2D eigenvalue weighted by Crippen LogP contribution is -2.59. The highest BCUT2D eigenvalue weighted by Crippen LogP contribution is 2.44. The zero-order chi connectivity index (χ0) is 12.9. The van der Waals surface area contributed by atoms with Crippen molar-refractivity contribution in [2.75, 3.05) is 19.7 Å². The van der Waals surface area contributed by atoms with Crippen LogP contribution in [0.15, 0.2) is 0 Å². The van der Waals surface area contributed by atoms with Crippen molar-refractivity contribution in [3.05, 3.63) is 0 Å². The summed E-state index contributed by atoms with van der Waals surface area (Å²) >= 11 is 0. The van der Waals surface area contributed by atoms with Gasteiger partial charge in [-0.15, -0.1) is 0 Å². The highest BCUT2D eigenvalue weighted by Gasteiger charge is 2.49. The second kappa shape index (κ2) is 4.71. The van der Waals surface area contributed by atoms with Crippen molar-refractivity contribution in [3.8, 4) is 0 Å². The van der Waals surface area contributed by atoms with Gasteiger partial charge in [0.15, 0.2) is 0 Å². The van der Waals surface area contributed by atoms with E-state index in [2.05, 4.69) is 10.2 Å². The standard InChI is InChI=1S/C16H28N2O/c19-11-16(13-3-4-13,17-14-5-6-14)10-18(15-7-8-15)9-12-1-2-12/h12-15,17,19H,1-11H2. The Bertz CT molecular complexity index is 332. The molecule has 4 saturated carbocycles. The Morgan fingerprint density at radius 2 is 1.74 bits per heavy atom. The summed E-state index contributed by atoms with van der Waals surface area (Å²) in [6.45, 7) is 2.74. The third kappa shape index (κ3) is 2.98. The first-order valence-electron chi connectivity index (χ1n) is 8.42. The molecule has 0 radical (unpaired) electrons. The van der Waals surface area contributed by atoms with E-state index in [1.165, 1.54) is 57.9 Å². The molecule has 108 valence electrons. The number of aliphatic hydroxyl groups excluding tert-OH is 1. The summed E-state index contributed by atoms with van der Waals surface area (Å²) in [5.41, 5.74) is 0.0264. The molecular weight excluding hydrogens is 236 g/mol. The summed E-state index contributed by atoms with van der Waals surface area (Å²) < 4.78 is 0. The van der Waals surface area contributed by atoms with Crippen molar-refractivity contribution < 1.29 is 5.11 Å². The van der Waals surface area contributed by atoms with Gasteiger partial charge in [-0.1, -0.05) is 0 Å². The number of hydrogen-bond donors (Lipinski definition) is 2. The Labute approximate surface area is 116 Å². The van der Waals surface area contributed by atoms with E-state index < -0.39 is 0 Å². The summed E-state index contributed by atoms with van der Waals surface area (Å²) in [5.74, 6) is 1.70. The fraction of sp³-hybridized carbons (Fsp3) is 1.00. The van der Waals surface area contributed by atoms with Gasteiger partial charge in [0.25, 0.3) is 0 Å². The van der Waals surface area contributed by atoms with Gasteiger partial charge in [0.2, 0.25) is 0 Å². The van der Waals surface area contributed by atoms with E-state index in [4.69, 9.17) is 0 Å². The molecule has 4 aliphatic rings. The Balaban J connectivity index is 1.44. The summed E-state index contributed by atoms with van der Waals surface area (Å²) in [7, 11) is 0. The van der Waals surface area contributed by atoms with Crippen molar-refractivity contribution in [1.82, 2.24) is 10.2 Å². The van der Waals surface area contributed by atoms with Crippen LogP contribution in [0.1, 0.15) is 51.4 Å². The first-order chi connectivity index (χ1) is 9.29. The van der Waals surface area contributed by atoms with E-state index in [9.17, 15) is 5.11 Å². The average molecular weight is 264 g/mol. The summed E-state index contributed by atoms with van der Waals surface area (Å²) in [5, 5.41) is 13.9. The molecule has 0 aromatic carbocycles. The van der Waals surface area contributed by atoms with Crippen molar-refractivity contribution >= 4 is 0 Å². The molecule has 1 atom stereocenters. The second-order valence-corrected chi connectivity index (χ2v) is 7.61. The molecule has 3 nitrogen and oxygen atoms in total. The molecular formula is C16H28N2O. The Kier molecular flexibility index (Phi) is 3.13. The van der Waals surface area contributed by atoms with Gasteiger partial charge in [-0.2, -0.15) is 0 Å². The van der Waals surface area contributed by atoms with Crippen molar-refractivity contribution in [1.29, 1.82) is 0 Å². The van der Waals surface area contributed by atoms with E-state index in [0.717, 1.165) is 24.4 Å². The number of rotatable bonds is 9. The predicted molar refractivity (Wildman–Crippen MR) is 76.0 cm³/mol. The summed E-state index contributed by atoms with van der Waals surface area (Å²) in [4.78, 5) is 2.72. The van der Waals surface area contributed by atoms with E-state index in [1.807, 2.05) is 0 Å². The SMILES string of the molecule is OCC(CN(CC1CC1)C1CC1)(NC1CC1)C1CC1. The van der Waals surface area contributed by atoms with Gasteiger partial charge in [-0.05, 0) is 63.2 Å². The third-order valence-corrected chi connectivity index (χ3v) is 5.45. The maximum atomic E-state index is 10.1. The maximum Gasteiger partial charge on any atom is 0.0628 e. The molecule has 0 heterocycles. The molecule has 0 aromatic heterocycles. The number of hydrogen-bond acceptors (Lipinski definition) is 3. The fourth-order valence-corrected chi connectivity index (χ4v) is 3.56. The van der Waals surface area contributed by atoms with Crippen LogP contribution in [-0.2, 0) is 0 Å². The zero-order valence-corrected chi connectivity index (χ0v) is 12.0. The average Bonchev–Trinajstić information content (AvgIpc) is 3.26. The smallest absolute Gasteiger partial charge is 0.0628 e. The van der Waals surface area contributed by atoms with E-state index in [1.54, 1.807) is 0 Å². The predicted octanol–water partition coefficient (Wildman–Crippen LogP) is 1.75. The van der Waals surface area contributed by atoms with Crippen LogP contribution in [0.5, 0.6) is 0 Å². The molecule has 0 saturated heterocycles. The minimum absolute atomic E-state index is 0.0264. The Hall–Kier alpha value is -0.120. The zero-order valence-electron chi connectivity index (χ0n) is 12.0. The largest absolute Gasteiger partial charge is 0.394 e. The Morgan fingerprint density at radius 1 is 1.00 bits per heavy atom. The van der Waals surface area contributed by atoms with Crippen molar-refractivity contribution in [2.45, 2.75) is 69.0 Å². The minimum Gasteiger partial charge on any atom is -0.394 e. The first kappa shape index (κ1) is 12.6.